The highest BCUT2D eigenvalue weighted by Gasteiger charge is 2.34. The van der Waals surface area contributed by atoms with Gasteiger partial charge >= 0.3 is 6.18 Å². The van der Waals surface area contributed by atoms with Crippen LogP contribution in [0.25, 0.3) is 0 Å². The van der Waals surface area contributed by atoms with Gasteiger partial charge < -0.3 is 0 Å². The Morgan fingerprint density at radius 2 is 1.94 bits per heavy atom. The molecule has 1 aromatic rings. The summed E-state index contributed by atoms with van der Waals surface area (Å²) in [7, 11) is 0. The third-order valence-electron chi connectivity index (χ3n) is 1.78. The smallest absolute Gasteiger partial charge is 0.293 e. The molecule has 1 rings (SSSR count). The van der Waals surface area contributed by atoms with Crippen molar-refractivity contribution >= 4 is 51.6 Å². The van der Waals surface area contributed by atoms with Gasteiger partial charge in [0.25, 0.3) is 0 Å². The molecule has 1 nitrogen and oxygen atoms in total. The Kier molecular flexibility index (Phi) is 4.48. The quantitative estimate of drug-likeness (QED) is 0.421. The molecule has 0 fully saturated rings. The van der Waals surface area contributed by atoms with Gasteiger partial charge in [-0.15, -0.1) is 11.6 Å². The van der Waals surface area contributed by atoms with Crippen LogP contribution in [0.15, 0.2) is 12.1 Å². The topological polar surface area (TPSA) is 17.1 Å². The van der Waals surface area contributed by atoms with Gasteiger partial charge in [-0.1, -0.05) is 11.6 Å². The van der Waals surface area contributed by atoms with Crippen LogP contribution in [0.1, 0.15) is 15.9 Å². The summed E-state index contributed by atoms with van der Waals surface area (Å²) in [6, 6.07) is 1.95. The van der Waals surface area contributed by atoms with E-state index in [0.29, 0.717) is 0 Å². The van der Waals surface area contributed by atoms with E-state index in [2.05, 4.69) is 0 Å². The second-order valence-electron chi connectivity index (χ2n) is 2.87. The van der Waals surface area contributed by atoms with E-state index >= 15 is 0 Å². The average molecular weight is 383 g/mol. The number of rotatable bonds is 2. The molecule has 16 heavy (non-hydrogen) atoms. The zero-order valence-corrected chi connectivity index (χ0v) is 11.2. The molecule has 0 aliphatic rings. The number of halogens is 6. The zero-order chi connectivity index (χ0) is 12.5. The van der Waals surface area contributed by atoms with Crippen LogP contribution in [0.2, 0.25) is 5.02 Å². The first-order valence-electron chi connectivity index (χ1n) is 3.92. The van der Waals surface area contributed by atoms with Gasteiger partial charge in [0, 0.05) is 9.13 Å². The van der Waals surface area contributed by atoms with E-state index < -0.39 is 17.5 Å². The SMILES string of the molecule is O=C(CCl)c1cc(Cl)c(I)c(C(F)(F)F)c1. The number of alkyl halides is 4. The molecule has 0 amide bonds. The van der Waals surface area contributed by atoms with Crippen molar-refractivity contribution in [3.63, 3.8) is 0 Å². The highest BCUT2D eigenvalue weighted by atomic mass is 127. The number of hydrogen-bond donors (Lipinski definition) is 0. The van der Waals surface area contributed by atoms with Crippen LogP contribution in [0.3, 0.4) is 0 Å². The van der Waals surface area contributed by atoms with Gasteiger partial charge in [0.15, 0.2) is 5.78 Å². The zero-order valence-electron chi connectivity index (χ0n) is 7.54. The molecule has 0 bridgehead atoms. The minimum absolute atomic E-state index is 0.108. The van der Waals surface area contributed by atoms with Gasteiger partial charge in [-0.3, -0.25) is 4.79 Å². The molecule has 0 radical (unpaired) electrons. The van der Waals surface area contributed by atoms with E-state index in [1.807, 2.05) is 0 Å². The third-order valence-corrected chi connectivity index (χ3v) is 3.80. The molecular formula is C9H4Cl2F3IO. The van der Waals surface area contributed by atoms with E-state index in [9.17, 15) is 18.0 Å². The lowest BCUT2D eigenvalue weighted by atomic mass is 10.1. The lowest BCUT2D eigenvalue weighted by molar-refractivity contribution is -0.138. The molecule has 0 aliphatic heterocycles. The fourth-order valence-electron chi connectivity index (χ4n) is 1.03. The lowest BCUT2D eigenvalue weighted by Gasteiger charge is -2.11. The maximum atomic E-state index is 12.6. The Balaban J connectivity index is 3.39. The third kappa shape index (κ3) is 3.01. The number of benzene rings is 1. The number of Topliss-reactive ketones (excluding diaryl/α,β-unsaturated/α-hetero) is 1. The Morgan fingerprint density at radius 3 is 2.38 bits per heavy atom. The Morgan fingerprint density at radius 1 is 1.38 bits per heavy atom. The molecule has 0 aromatic heterocycles. The first kappa shape index (κ1) is 14.1. The first-order valence-corrected chi connectivity index (χ1v) is 5.92. The molecule has 0 saturated carbocycles. The van der Waals surface area contributed by atoms with Crippen LogP contribution < -0.4 is 0 Å². The molecular weight excluding hydrogens is 379 g/mol. The molecule has 0 spiro atoms. The van der Waals surface area contributed by atoms with E-state index in [-0.39, 0.29) is 20.0 Å². The minimum Gasteiger partial charge on any atom is -0.293 e. The van der Waals surface area contributed by atoms with Crippen molar-refractivity contribution in [3.05, 3.63) is 31.9 Å². The van der Waals surface area contributed by atoms with Crippen LogP contribution >= 0.6 is 45.8 Å². The fraction of sp³-hybridized carbons (Fsp3) is 0.222. The molecule has 7 heteroatoms. The van der Waals surface area contributed by atoms with Gasteiger partial charge in [0.2, 0.25) is 0 Å². The second kappa shape index (κ2) is 5.10. The van der Waals surface area contributed by atoms with Crippen LogP contribution in [0, 0.1) is 3.57 Å². The molecule has 0 aliphatic carbocycles. The first-order chi connectivity index (χ1) is 7.27. The van der Waals surface area contributed by atoms with Gasteiger partial charge in [-0.25, -0.2) is 0 Å². The van der Waals surface area contributed by atoms with E-state index in [4.69, 9.17) is 23.2 Å². The summed E-state index contributed by atoms with van der Waals surface area (Å²) in [5, 5.41) is -0.108. The minimum atomic E-state index is -4.54. The molecule has 1 aromatic carbocycles. The maximum Gasteiger partial charge on any atom is 0.417 e. The largest absolute Gasteiger partial charge is 0.417 e. The normalized spacial score (nSPS) is 11.6. The van der Waals surface area contributed by atoms with Gasteiger partial charge in [-0.05, 0) is 34.7 Å². The molecule has 0 atom stereocenters. The van der Waals surface area contributed by atoms with E-state index in [0.717, 1.165) is 6.07 Å². The number of ketones is 1. The van der Waals surface area contributed by atoms with Crippen molar-refractivity contribution in [2.24, 2.45) is 0 Å². The van der Waals surface area contributed by atoms with Crippen LogP contribution in [0.5, 0.6) is 0 Å². The van der Waals surface area contributed by atoms with Crippen molar-refractivity contribution in [3.8, 4) is 0 Å². The summed E-state index contributed by atoms with van der Waals surface area (Å²) in [6.45, 7) is 0. The van der Waals surface area contributed by atoms with Crippen molar-refractivity contribution < 1.29 is 18.0 Å². The maximum absolute atomic E-state index is 12.6. The summed E-state index contributed by atoms with van der Waals surface area (Å²) in [5.41, 5.74) is -1.05. The van der Waals surface area contributed by atoms with Gasteiger partial charge in [0.1, 0.15) is 0 Å². The highest BCUT2D eigenvalue weighted by molar-refractivity contribution is 14.1. The number of hydrogen-bond acceptors (Lipinski definition) is 1. The summed E-state index contributed by atoms with van der Waals surface area (Å²) >= 11 is 12.4. The van der Waals surface area contributed by atoms with Crippen molar-refractivity contribution in [2.75, 3.05) is 5.88 Å². The average Bonchev–Trinajstić information content (AvgIpc) is 2.18. The monoisotopic (exact) mass is 382 g/mol. The Bertz CT molecular complexity index is 431. The van der Waals surface area contributed by atoms with Crippen LogP contribution in [0.4, 0.5) is 13.2 Å². The Hall–Kier alpha value is -0.0100. The summed E-state index contributed by atoms with van der Waals surface area (Å²) in [4.78, 5) is 11.2. The predicted molar refractivity (Wildman–Crippen MR) is 64.2 cm³/mol. The van der Waals surface area contributed by atoms with Crippen LogP contribution in [-0.4, -0.2) is 11.7 Å². The predicted octanol–water partition coefficient (Wildman–Crippen LogP) is 4.38. The Labute approximate surface area is 113 Å². The number of carbonyl (C=O) groups excluding carboxylic acids is 1. The molecule has 0 N–H and O–H groups in total. The van der Waals surface area contributed by atoms with Crippen LogP contribution in [-0.2, 0) is 6.18 Å². The standard InChI is InChI=1S/C9H4Cl2F3IO/c10-3-7(16)4-1-5(9(12,13)14)8(15)6(11)2-4/h1-2H,3H2. The van der Waals surface area contributed by atoms with Crippen molar-refractivity contribution in [2.45, 2.75) is 6.18 Å². The molecule has 0 unspecified atom stereocenters. The summed E-state index contributed by atoms with van der Waals surface area (Å²) < 4.78 is 37.6. The van der Waals surface area contributed by atoms with E-state index in [1.54, 1.807) is 0 Å². The summed E-state index contributed by atoms with van der Waals surface area (Å²) in [6.07, 6.45) is -4.54. The van der Waals surface area contributed by atoms with Gasteiger partial charge in [0.05, 0.1) is 16.5 Å². The van der Waals surface area contributed by atoms with Gasteiger partial charge in [-0.2, -0.15) is 13.2 Å². The number of carbonyl (C=O) groups is 1. The lowest BCUT2D eigenvalue weighted by Crippen LogP contribution is -2.11. The van der Waals surface area contributed by atoms with Crippen molar-refractivity contribution in [1.82, 2.24) is 0 Å². The highest BCUT2D eigenvalue weighted by Crippen LogP contribution is 2.36. The molecule has 88 valence electrons. The fourth-order valence-corrected chi connectivity index (χ4v) is 2.02. The van der Waals surface area contributed by atoms with E-state index in [1.165, 1.54) is 28.7 Å². The molecule has 0 saturated heterocycles. The van der Waals surface area contributed by atoms with Crippen molar-refractivity contribution in [1.29, 1.82) is 0 Å². The molecule has 0 heterocycles. The summed E-state index contributed by atoms with van der Waals surface area (Å²) in [5.74, 6) is -0.973. The second-order valence-corrected chi connectivity index (χ2v) is 4.63.